The van der Waals surface area contributed by atoms with Crippen LogP contribution in [0.15, 0.2) is 23.1 Å². The summed E-state index contributed by atoms with van der Waals surface area (Å²) in [4.78, 5) is 24.7. The second kappa shape index (κ2) is 8.91. The smallest absolute Gasteiger partial charge is 0.342 e. The van der Waals surface area contributed by atoms with Gasteiger partial charge in [0.15, 0.2) is 6.10 Å². The van der Waals surface area contributed by atoms with Gasteiger partial charge in [0.1, 0.15) is 11.3 Å². The minimum absolute atomic E-state index is 0.0395. The van der Waals surface area contributed by atoms with Crippen molar-refractivity contribution in [2.75, 3.05) is 7.11 Å². The van der Waals surface area contributed by atoms with Crippen molar-refractivity contribution in [2.45, 2.75) is 57.1 Å². The molecule has 28 heavy (non-hydrogen) atoms. The number of carbonyl (C=O) groups is 2. The van der Waals surface area contributed by atoms with Crippen LogP contribution in [0.25, 0.3) is 0 Å². The van der Waals surface area contributed by atoms with Crippen LogP contribution in [0, 0.1) is 11.8 Å². The number of nitrogens with one attached hydrogen (secondary N) is 1. The highest BCUT2D eigenvalue weighted by Gasteiger charge is 2.30. The maximum absolute atomic E-state index is 12.5. The largest absolute Gasteiger partial charge is 0.496 e. The predicted octanol–water partition coefficient (Wildman–Crippen LogP) is 1.83. The molecular weight excluding hydrogens is 384 g/mol. The average molecular weight is 413 g/mol. The molecule has 9 heteroatoms. The van der Waals surface area contributed by atoms with Crippen LogP contribution in [0.5, 0.6) is 5.75 Å². The molecule has 1 aromatic rings. The summed E-state index contributed by atoms with van der Waals surface area (Å²) < 4.78 is 33.4. The predicted molar refractivity (Wildman–Crippen MR) is 103 cm³/mol. The van der Waals surface area contributed by atoms with E-state index in [2.05, 4.69) is 19.2 Å². The van der Waals surface area contributed by atoms with Crippen LogP contribution in [0.2, 0.25) is 0 Å². The number of ether oxygens (including phenoxy) is 2. The zero-order valence-electron chi connectivity index (χ0n) is 16.6. The third kappa shape index (κ3) is 5.23. The van der Waals surface area contributed by atoms with Gasteiger partial charge in [0.25, 0.3) is 5.91 Å². The lowest BCUT2D eigenvalue weighted by Crippen LogP contribution is -2.47. The first-order chi connectivity index (χ1) is 13.0. The molecule has 0 unspecified atom stereocenters. The number of sulfonamides is 1. The van der Waals surface area contributed by atoms with Gasteiger partial charge in [-0.05, 0) is 43.4 Å². The molecule has 1 saturated carbocycles. The number of esters is 1. The number of hydrogen-bond acceptors (Lipinski definition) is 6. The van der Waals surface area contributed by atoms with E-state index in [-0.39, 0.29) is 28.2 Å². The van der Waals surface area contributed by atoms with Gasteiger partial charge in [-0.1, -0.05) is 26.7 Å². The van der Waals surface area contributed by atoms with Crippen molar-refractivity contribution >= 4 is 21.9 Å². The molecule has 1 amide bonds. The summed E-state index contributed by atoms with van der Waals surface area (Å²) in [5.74, 6) is -0.273. The normalized spacial score (nSPS) is 23.5. The highest BCUT2D eigenvalue weighted by molar-refractivity contribution is 7.89. The Bertz CT molecular complexity index is 839. The number of carbonyl (C=O) groups excluding carboxylic acids is 2. The van der Waals surface area contributed by atoms with Gasteiger partial charge in [0.05, 0.1) is 12.0 Å². The molecule has 2 rings (SSSR count). The van der Waals surface area contributed by atoms with Gasteiger partial charge in [-0.3, -0.25) is 4.79 Å². The lowest BCUT2D eigenvalue weighted by molar-refractivity contribution is -0.130. The maximum Gasteiger partial charge on any atom is 0.342 e. The Hall–Kier alpha value is -2.13. The van der Waals surface area contributed by atoms with Crippen LogP contribution in [0.3, 0.4) is 0 Å². The number of methoxy groups -OCH3 is 1. The van der Waals surface area contributed by atoms with Gasteiger partial charge in [-0.25, -0.2) is 18.4 Å². The minimum atomic E-state index is -4.00. The van der Waals surface area contributed by atoms with Crippen molar-refractivity contribution in [2.24, 2.45) is 17.0 Å². The number of amides is 1. The Labute approximate surface area is 165 Å². The highest BCUT2D eigenvalue weighted by atomic mass is 32.2. The van der Waals surface area contributed by atoms with E-state index < -0.39 is 22.1 Å². The van der Waals surface area contributed by atoms with Crippen molar-refractivity contribution in [3.63, 3.8) is 0 Å². The molecule has 0 saturated heterocycles. The van der Waals surface area contributed by atoms with Crippen molar-refractivity contribution in [1.82, 2.24) is 5.32 Å². The first kappa shape index (κ1) is 22.2. The Morgan fingerprint density at radius 3 is 2.54 bits per heavy atom. The van der Waals surface area contributed by atoms with Crippen LogP contribution in [0.1, 0.15) is 50.4 Å². The van der Waals surface area contributed by atoms with Crippen molar-refractivity contribution in [3.05, 3.63) is 23.8 Å². The molecule has 1 aliphatic rings. The lowest BCUT2D eigenvalue weighted by Gasteiger charge is -2.35. The Kier molecular flexibility index (Phi) is 7.06. The van der Waals surface area contributed by atoms with Gasteiger partial charge < -0.3 is 14.8 Å². The third-order valence-electron chi connectivity index (χ3n) is 5.41. The fourth-order valence-electron chi connectivity index (χ4n) is 3.39. The number of primary sulfonamides is 1. The van der Waals surface area contributed by atoms with Crippen LogP contribution in [0.4, 0.5) is 0 Å². The molecule has 156 valence electrons. The Balaban J connectivity index is 2.10. The van der Waals surface area contributed by atoms with Gasteiger partial charge in [-0.2, -0.15) is 0 Å². The van der Waals surface area contributed by atoms with E-state index in [1.165, 1.54) is 26.2 Å². The molecule has 4 atom stereocenters. The molecule has 0 aliphatic heterocycles. The molecule has 1 aromatic carbocycles. The second-order valence-electron chi connectivity index (χ2n) is 7.34. The van der Waals surface area contributed by atoms with Crippen molar-refractivity contribution in [1.29, 1.82) is 0 Å². The minimum Gasteiger partial charge on any atom is -0.496 e. The summed E-state index contributed by atoms with van der Waals surface area (Å²) in [6, 6.07) is 3.66. The van der Waals surface area contributed by atoms with E-state index >= 15 is 0 Å². The van der Waals surface area contributed by atoms with E-state index in [0.29, 0.717) is 11.8 Å². The summed E-state index contributed by atoms with van der Waals surface area (Å²) in [7, 11) is -2.66. The van der Waals surface area contributed by atoms with E-state index in [9.17, 15) is 18.0 Å². The first-order valence-electron chi connectivity index (χ1n) is 9.26. The summed E-state index contributed by atoms with van der Waals surface area (Å²) in [6.45, 7) is 5.74. The van der Waals surface area contributed by atoms with E-state index in [1.807, 2.05) is 0 Å². The summed E-state index contributed by atoms with van der Waals surface area (Å²) in [5, 5.41) is 8.07. The monoisotopic (exact) mass is 412 g/mol. The molecule has 1 fully saturated rings. The van der Waals surface area contributed by atoms with Crippen LogP contribution in [-0.2, 0) is 19.6 Å². The Morgan fingerprint density at radius 1 is 1.25 bits per heavy atom. The zero-order valence-corrected chi connectivity index (χ0v) is 17.4. The molecule has 8 nitrogen and oxygen atoms in total. The molecule has 0 radical (unpaired) electrons. The lowest BCUT2D eigenvalue weighted by atomic mass is 9.78. The van der Waals surface area contributed by atoms with E-state index in [0.717, 1.165) is 25.3 Å². The van der Waals surface area contributed by atoms with E-state index in [4.69, 9.17) is 14.6 Å². The quantitative estimate of drug-likeness (QED) is 0.687. The van der Waals surface area contributed by atoms with Crippen molar-refractivity contribution < 1.29 is 27.5 Å². The van der Waals surface area contributed by atoms with Crippen LogP contribution < -0.4 is 15.2 Å². The Morgan fingerprint density at radius 2 is 1.93 bits per heavy atom. The fraction of sp³-hybridized carbons (Fsp3) is 0.579. The molecule has 0 bridgehead atoms. The molecule has 0 spiro atoms. The zero-order chi connectivity index (χ0) is 21.1. The highest BCUT2D eigenvalue weighted by Crippen LogP contribution is 2.29. The average Bonchev–Trinajstić information content (AvgIpc) is 2.63. The maximum atomic E-state index is 12.5. The molecule has 3 N–H and O–H groups in total. The van der Waals surface area contributed by atoms with Gasteiger partial charge in [0, 0.05) is 6.04 Å². The van der Waals surface area contributed by atoms with Gasteiger partial charge >= 0.3 is 5.97 Å². The molecular formula is C19H28N2O6S. The fourth-order valence-corrected chi connectivity index (χ4v) is 3.93. The standard InChI is InChI=1S/C19H28N2O6S/c1-11-6-5-7-16(12(11)2)21-18(22)13(3)27-19(23)15-10-14(28(20,24)25)8-9-17(15)26-4/h8-13,16H,5-7H2,1-4H3,(H,21,22)(H2,20,24,25)/t11-,12+,13-,16+/m1/s1. The first-order valence-corrected chi connectivity index (χ1v) is 10.8. The molecule has 0 heterocycles. The molecule has 0 aromatic heterocycles. The van der Waals surface area contributed by atoms with Crippen LogP contribution >= 0.6 is 0 Å². The number of hydrogen-bond donors (Lipinski definition) is 2. The SMILES string of the molecule is COc1ccc(S(N)(=O)=O)cc1C(=O)O[C@H](C)C(=O)N[C@H]1CCC[C@@H](C)[C@@H]1C. The topological polar surface area (TPSA) is 125 Å². The summed E-state index contributed by atoms with van der Waals surface area (Å²) in [6.07, 6.45) is 2.03. The summed E-state index contributed by atoms with van der Waals surface area (Å²) >= 11 is 0. The second-order valence-corrected chi connectivity index (χ2v) is 8.90. The van der Waals surface area contributed by atoms with Crippen molar-refractivity contribution in [3.8, 4) is 5.75 Å². The molecule has 1 aliphatic carbocycles. The number of rotatable bonds is 6. The number of nitrogens with two attached hydrogens (primary N) is 1. The third-order valence-corrected chi connectivity index (χ3v) is 6.32. The summed E-state index contributed by atoms with van der Waals surface area (Å²) in [5.41, 5.74) is -0.117. The van der Waals surface area contributed by atoms with Gasteiger partial charge in [-0.15, -0.1) is 0 Å². The van der Waals surface area contributed by atoms with Gasteiger partial charge in [0.2, 0.25) is 10.0 Å². The van der Waals surface area contributed by atoms with Crippen LogP contribution in [-0.4, -0.2) is 39.5 Å². The van der Waals surface area contributed by atoms with E-state index in [1.54, 1.807) is 0 Å². The number of benzene rings is 1.